The normalized spacial score (nSPS) is 10.7. The lowest BCUT2D eigenvalue weighted by Gasteiger charge is -2.07. The lowest BCUT2D eigenvalue weighted by molar-refractivity contribution is 0.0955. The fraction of sp³-hybridized carbons (Fsp3) is 0.176. The van der Waals surface area contributed by atoms with Crippen molar-refractivity contribution in [1.29, 1.82) is 0 Å². The maximum absolute atomic E-state index is 11.9. The number of nitrogens with zero attached hydrogens (tertiary/aromatic N) is 1. The number of halogens is 1. The number of hydrazone groups is 1. The Morgan fingerprint density at radius 1 is 1.27 bits per heavy atom. The molecule has 22 heavy (non-hydrogen) atoms. The molecule has 5 heteroatoms. The first-order valence-corrected chi connectivity index (χ1v) is 7.30. The first-order chi connectivity index (χ1) is 10.6. The molecule has 2 rings (SSSR count). The fourth-order valence-corrected chi connectivity index (χ4v) is 2.02. The topological polar surface area (TPSA) is 50.7 Å². The Hall–Kier alpha value is -2.33. The highest BCUT2D eigenvalue weighted by Crippen LogP contribution is 2.21. The van der Waals surface area contributed by atoms with E-state index in [0.717, 1.165) is 5.56 Å². The van der Waals surface area contributed by atoms with E-state index >= 15 is 0 Å². The van der Waals surface area contributed by atoms with Gasteiger partial charge in [0.15, 0.2) is 0 Å². The molecule has 0 spiro atoms. The molecule has 0 unspecified atom stereocenters. The van der Waals surface area contributed by atoms with E-state index in [1.54, 1.807) is 30.3 Å². The minimum absolute atomic E-state index is 0.267. The molecule has 4 nitrogen and oxygen atoms in total. The van der Waals surface area contributed by atoms with Gasteiger partial charge in [0.2, 0.25) is 0 Å². The van der Waals surface area contributed by atoms with E-state index in [1.165, 1.54) is 6.21 Å². The van der Waals surface area contributed by atoms with Crippen molar-refractivity contribution in [3.63, 3.8) is 0 Å². The smallest absolute Gasteiger partial charge is 0.271 e. The summed E-state index contributed by atoms with van der Waals surface area (Å²) in [4.78, 5) is 11.9. The van der Waals surface area contributed by atoms with Crippen LogP contribution >= 0.6 is 11.6 Å². The zero-order valence-electron chi connectivity index (χ0n) is 12.5. The first-order valence-electron chi connectivity index (χ1n) is 6.92. The minimum atomic E-state index is -0.267. The zero-order chi connectivity index (χ0) is 15.9. The summed E-state index contributed by atoms with van der Waals surface area (Å²) in [6, 6.07) is 12.5. The Morgan fingerprint density at radius 3 is 2.68 bits per heavy atom. The molecule has 0 aliphatic heterocycles. The van der Waals surface area contributed by atoms with Crippen LogP contribution in [0.15, 0.2) is 47.6 Å². The van der Waals surface area contributed by atoms with Gasteiger partial charge in [-0.3, -0.25) is 4.79 Å². The molecule has 0 fully saturated rings. The highest BCUT2D eigenvalue weighted by Gasteiger charge is 2.04. The average Bonchev–Trinajstić information content (AvgIpc) is 2.50. The van der Waals surface area contributed by atoms with Gasteiger partial charge in [0.25, 0.3) is 5.91 Å². The first kappa shape index (κ1) is 16.0. The largest absolute Gasteiger partial charge is 0.493 e. The monoisotopic (exact) mass is 316 g/mol. The summed E-state index contributed by atoms with van der Waals surface area (Å²) in [5.41, 5.74) is 4.85. The molecule has 0 saturated heterocycles. The molecule has 0 aliphatic carbocycles. The average molecular weight is 317 g/mol. The molecular weight excluding hydrogens is 300 g/mol. The fourth-order valence-electron chi connectivity index (χ4n) is 1.84. The van der Waals surface area contributed by atoms with Crippen LogP contribution < -0.4 is 10.2 Å². The molecule has 0 bridgehead atoms. The van der Waals surface area contributed by atoms with Gasteiger partial charge in [0, 0.05) is 16.1 Å². The number of nitrogens with one attached hydrogen (secondary N) is 1. The van der Waals surface area contributed by atoms with E-state index in [-0.39, 0.29) is 5.91 Å². The third-order valence-electron chi connectivity index (χ3n) is 2.96. The molecule has 0 aromatic heterocycles. The summed E-state index contributed by atoms with van der Waals surface area (Å²) < 4.78 is 5.48. The zero-order valence-corrected chi connectivity index (χ0v) is 13.2. The van der Waals surface area contributed by atoms with Crippen LogP contribution in [0.3, 0.4) is 0 Å². The summed E-state index contributed by atoms with van der Waals surface area (Å²) in [7, 11) is 0. The molecule has 114 valence electrons. The van der Waals surface area contributed by atoms with Crippen LogP contribution in [-0.4, -0.2) is 18.7 Å². The predicted octanol–water partition coefficient (Wildman–Crippen LogP) is 3.81. The Bertz CT molecular complexity index is 682. The number of benzene rings is 2. The summed E-state index contributed by atoms with van der Waals surface area (Å²) in [6.07, 6.45) is 1.52. The lowest BCUT2D eigenvalue weighted by atomic mass is 10.1. The quantitative estimate of drug-likeness (QED) is 0.673. The van der Waals surface area contributed by atoms with Gasteiger partial charge in [0.1, 0.15) is 5.75 Å². The number of amides is 1. The maximum atomic E-state index is 11.9. The van der Waals surface area contributed by atoms with Crippen molar-refractivity contribution < 1.29 is 9.53 Å². The number of rotatable bonds is 5. The third kappa shape index (κ3) is 4.33. The molecule has 2 aromatic rings. The number of ether oxygens (including phenoxy) is 1. The van der Waals surface area contributed by atoms with Crippen LogP contribution in [0.1, 0.15) is 28.4 Å². The van der Waals surface area contributed by atoms with Crippen molar-refractivity contribution in [2.75, 3.05) is 6.61 Å². The summed E-state index contributed by atoms with van der Waals surface area (Å²) in [5, 5.41) is 4.54. The van der Waals surface area contributed by atoms with Crippen molar-refractivity contribution in [3.8, 4) is 5.75 Å². The van der Waals surface area contributed by atoms with E-state index < -0.39 is 0 Å². The third-order valence-corrected chi connectivity index (χ3v) is 3.19. The molecular formula is C17H17ClN2O2. The SMILES string of the molecule is CCOc1ccc(Cl)cc1/C=N\NC(=O)c1ccc(C)cc1. The molecule has 1 N–H and O–H groups in total. The van der Waals surface area contributed by atoms with Gasteiger partial charge in [-0.2, -0.15) is 5.10 Å². The number of hydrogen-bond acceptors (Lipinski definition) is 3. The summed E-state index contributed by atoms with van der Waals surface area (Å²) in [5.74, 6) is 0.400. The van der Waals surface area contributed by atoms with Crippen molar-refractivity contribution in [2.24, 2.45) is 5.10 Å². The van der Waals surface area contributed by atoms with Crippen molar-refractivity contribution in [3.05, 3.63) is 64.2 Å². The number of carbonyl (C=O) groups is 1. The van der Waals surface area contributed by atoms with Gasteiger partial charge in [-0.15, -0.1) is 0 Å². The molecule has 1 amide bonds. The van der Waals surface area contributed by atoms with Crippen LogP contribution in [-0.2, 0) is 0 Å². The van der Waals surface area contributed by atoms with Gasteiger partial charge in [-0.25, -0.2) is 5.43 Å². The summed E-state index contributed by atoms with van der Waals surface area (Å²) in [6.45, 7) is 4.40. The molecule has 0 radical (unpaired) electrons. The Balaban J connectivity index is 2.07. The van der Waals surface area contributed by atoms with E-state index in [2.05, 4.69) is 10.5 Å². The number of hydrogen-bond donors (Lipinski definition) is 1. The Labute approximate surface area is 134 Å². The van der Waals surface area contributed by atoms with Crippen molar-refractivity contribution in [1.82, 2.24) is 5.43 Å². The molecule has 0 atom stereocenters. The highest BCUT2D eigenvalue weighted by molar-refractivity contribution is 6.30. The van der Waals surface area contributed by atoms with Crippen molar-refractivity contribution in [2.45, 2.75) is 13.8 Å². The van der Waals surface area contributed by atoms with Crippen LogP contribution in [0.5, 0.6) is 5.75 Å². The standard InChI is InChI=1S/C17H17ClN2O2/c1-3-22-16-9-8-15(18)10-14(16)11-19-20-17(21)13-6-4-12(2)5-7-13/h4-11H,3H2,1-2H3,(H,20,21)/b19-11-. The molecule has 0 heterocycles. The van der Waals surface area contributed by atoms with Crippen LogP contribution in [0, 0.1) is 6.92 Å². The summed E-state index contributed by atoms with van der Waals surface area (Å²) >= 11 is 5.96. The minimum Gasteiger partial charge on any atom is -0.493 e. The van der Waals surface area contributed by atoms with Gasteiger partial charge < -0.3 is 4.74 Å². The van der Waals surface area contributed by atoms with E-state index in [4.69, 9.17) is 16.3 Å². The maximum Gasteiger partial charge on any atom is 0.271 e. The van der Waals surface area contributed by atoms with E-state index in [0.29, 0.717) is 28.5 Å². The molecule has 0 aliphatic rings. The van der Waals surface area contributed by atoms with E-state index in [1.807, 2.05) is 26.0 Å². The Morgan fingerprint density at radius 2 is 2.00 bits per heavy atom. The lowest BCUT2D eigenvalue weighted by Crippen LogP contribution is -2.17. The number of aryl methyl sites for hydroxylation is 1. The molecule has 0 saturated carbocycles. The van der Waals surface area contributed by atoms with Gasteiger partial charge in [-0.1, -0.05) is 29.3 Å². The van der Waals surface area contributed by atoms with Crippen molar-refractivity contribution >= 4 is 23.7 Å². The van der Waals surface area contributed by atoms with E-state index in [9.17, 15) is 4.79 Å². The van der Waals surface area contributed by atoms with Crippen LogP contribution in [0.4, 0.5) is 0 Å². The molecule has 2 aromatic carbocycles. The second kappa shape index (κ2) is 7.61. The van der Waals surface area contributed by atoms with Gasteiger partial charge in [0.05, 0.1) is 12.8 Å². The second-order valence-corrected chi connectivity index (χ2v) is 5.12. The van der Waals surface area contributed by atoms with Crippen LogP contribution in [0.2, 0.25) is 5.02 Å². The second-order valence-electron chi connectivity index (χ2n) is 4.68. The Kier molecular flexibility index (Phi) is 5.55. The highest BCUT2D eigenvalue weighted by atomic mass is 35.5. The van der Waals surface area contributed by atoms with Gasteiger partial charge >= 0.3 is 0 Å². The number of carbonyl (C=O) groups excluding carboxylic acids is 1. The predicted molar refractivity (Wildman–Crippen MR) is 88.9 cm³/mol. The van der Waals surface area contributed by atoms with Gasteiger partial charge in [-0.05, 0) is 44.2 Å². The van der Waals surface area contributed by atoms with Crippen LogP contribution in [0.25, 0.3) is 0 Å².